The molecule has 0 saturated heterocycles. The van der Waals surface area contributed by atoms with E-state index in [0.29, 0.717) is 32.6 Å². The molecule has 0 amide bonds. The minimum Gasteiger partial charge on any atom is -0.326 e. The summed E-state index contributed by atoms with van der Waals surface area (Å²) >= 11 is 7.48. The Labute approximate surface area is 160 Å². The smallest absolute Gasteiger partial charge is 0.326 e. The van der Waals surface area contributed by atoms with E-state index in [2.05, 4.69) is 20.1 Å². The van der Waals surface area contributed by atoms with Gasteiger partial charge in [-0.3, -0.25) is 0 Å². The van der Waals surface area contributed by atoms with Crippen LogP contribution in [0.4, 0.5) is 13.2 Å². The number of halogens is 4. The van der Waals surface area contributed by atoms with Gasteiger partial charge in [-0.05, 0) is 11.8 Å². The SMILES string of the molecule is CCSc1nn2cc(Cl)cnc2c1-c1nc2cc(C(F)(F)F)ncc2n1C. The first kappa shape index (κ1) is 18.1. The number of nitrogens with zero attached hydrogens (tertiary/aromatic N) is 6. The van der Waals surface area contributed by atoms with Crippen LogP contribution in [0.25, 0.3) is 28.1 Å². The molecule has 0 atom stereocenters. The average molecular weight is 413 g/mol. The molecule has 4 aromatic heterocycles. The maximum Gasteiger partial charge on any atom is 0.433 e. The lowest BCUT2D eigenvalue weighted by atomic mass is 10.3. The molecule has 6 nitrogen and oxygen atoms in total. The maximum absolute atomic E-state index is 13.0. The molecule has 0 N–H and O–H groups in total. The van der Waals surface area contributed by atoms with Gasteiger partial charge in [0, 0.05) is 13.2 Å². The molecule has 0 unspecified atom stereocenters. The van der Waals surface area contributed by atoms with Gasteiger partial charge in [-0.15, -0.1) is 11.8 Å². The third-order valence-corrected chi connectivity index (χ3v) is 5.01. The number of hydrogen-bond donors (Lipinski definition) is 0. The van der Waals surface area contributed by atoms with E-state index in [1.54, 1.807) is 22.3 Å². The van der Waals surface area contributed by atoms with Crippen molar-refractivity contribution in [2.45, 2.75) is 18.1 Å². The third-order valence-electron chi connectivity index (χ3n) is 3.97. The fourth-order valence-electron chi connectivity index (χ4n) is 2.79. The molecule has 0 radical (unpaired) electrons. The number of hydrogen-bond acceptors (Lipinski definition) is 5. The second-order valence-corrected chi connectivity index (χ2v) is 7.39. The van der Waals surface area contributed by atoms with Crippen molar-refractivity contribution in [3.8, 4) is 11.4 Å². The average Bonchev–Trinajstić information content (AvgIpc) is 3.11. The Balaban J connectivity index is 1.99. The Hall–Kier alpha value is -2.33. The molecule has 0 saturated carbocycles. The minimum atomic E-state index is -4.53. The highest BCUT2D eigenvalue weighted by Gasteiger charge is 2.33. The molecule has 4 rings (SSSR count). The first-order chi connectivity index (χ1) is 12.8. The van der Waals surface area contributed by atoms with Crippen molar-refractivity contribution in [1.82, 2.24) is 29.1 Å². The van der Waals surface area contributed by atoms with Crippen molar-refractivity contribution < 1.29 is 13.2 Å². The van der Waals surface area contributed by atoms with Crippen molar-refractivity contribution in [3.63, 3.8) is 0 Å². The first-order valence-corrected chi connectivity index (χ1v) is 9.22. The zero-order valence-corrected chi connectivity index (χ0v) is 15.7. The van der Waals surface area contributed by atoms with Gasteiger partial charge in [0.25, 0.3) is 0 Å². The molecule has 0 aromatic carbocycles. The summed E-state index contributed by atoms with van der Waals surface area (Å²) in [6.45, 7) is 1.98. The fourth-order valence-corrected chi connectivity index (χ4v) is 3.68. The summed E-state index contributed by atoms with van der Waals surface area (Å²) in [7, 11) is 1.72. The first-order valence-electron chi connectivity index (χ1n) is 7.86. The van der Waals surface area contributed by atoms with Gasteiger partial charge in [-0.2, -0.15) is 18.3 Å². The molecular weight excluding hydrogens is 401 g/mol. The Morgan fingerprint density at radius 2 is 2.00 bits per heavy atom. The second-order valence-electron chi connectivity index (χ2n) is 5.70. The predicted octanol–water partition coefficient (Wildman–Crippen LogP) is 4.46. The van der Waals surface area contributed by atoms with Gasteiger partial charge in [-0.25, -0.2) is 19.5 Å². The molecule has 11 heteroatoms. The molecule has 0 aliphatic rings. The van der Waals surface area contributed by atoms with E-state index < -0.39 is 11.9 Å². The van der Waals surface area contributed by atoms with Crippen molar-refractivity contribution >= 4 is 40.0 Å². The zero-order valence-electron chi connectivity index (χ0n) is 14.1. The fraction of sp³-hybridized carbons (Fsp3) is 0.250. The van der Waals surface area contributed by atoms with E-state index >= 15 is 0 Å². The number of imidazole rings is 1. The van der Waals surface area contributed by atoms with Gasteiger partial charge in [0.15, 0.2) is 5.65 Å². The molecule has 0 spiro atoms. The van der Waals surface area contributed by atoms with Crippen LogP contribution in [-0.4, -0.2) is 34.9 Å². The molecule has 0 aliphatic heterocycles. The Kier molecular flexibility index (Phi) is 4.26. The molecule has 0 bridgehead atoms. The number of alkyl halides is 3. The summed E-state index contributed by atoms with van der Waals surface area (Å²) < 4.78 is 42.2. The van der Waals surface area contributed by atoms with E-state index in [4.69, 9.17) is 11.6 Å². The van der Waals surface area contributed by atoms with Crippen LogP contribution in [0.15, 0.2) is 29.7 Å². The number of aryl methyl sites for hydroxylation is 1. The predicted molar refractivity (Wildman–Crippen MR) is 96.9 cm³/mol. The molecule has 0 fully saturated rings. The van der Waals surface area contributed by atoms with Crippen molar-refractivity contribution in [3.05, 3.63) is 35.4 Å². The highest BCUT2D eigenvalue weighted by atomic mass is 35.5. The van der Waals surface area contributed by atoms with Crippen LogP contribution in [0.2, 0.25) is 5.02 Å². The van der Waals surface area contributed by atoms with E-state index in [9.17, 15) is 13.2 Å². The Morgan fingerprint density at radius 3 is 2.70 bits per heavy atom. The lowest BCUT2D eigenvalue weighted by molar-refractivity contribution is -0.141. The number of aromatic nitrogens is 6. The summed E-state index contributed by atoms with van der Waals surface area (Å²) in [6.07, 6.45) is -0.234. The van der Waals surface area contributed by atoms with Crippen LogP contribution in [0.1, 0.15) is 12.6 Å². The van der Waals surface area contributed by atoms with Crippen molar-refractivity contribution in [2.75, 3.05) is 5.75 Å². The number of thioether (sulfide) groups is 1. The summed E-state index contributed by atoms with van der Waals surface area (Å²) in [5.74, 6) is 1.22. The summed E-state index contributed by atoms with van der Waals surface area (Å²) in [4.78, 5) is 12.3. The molecule has 4 heterocycles. The van der Waals surface area contributed by atoms with Crippen LogP contribution in [0, 0.1) is 0 Å². The van der Waals surface area contributed by atoms with Crippen molar-refractivity contribution in [1.29, 1.82) is 0 Å². The normalized spacial score (nSPS) is 12.4. The lowest BCUT2D eigenvalue weighted by Crippen LogP contribution is -2.07. The van der Waals surface area contributed by atoms with E-state index in [0.717, 1.165) is 11.8 Å². The largest absolute Gasteiger partial charge is 0.433 e. The van der Waals surface area contributed by atoms with Gasteiger partial charge < -0.3 is 4.57 Å². The van der Waals surface area contributed by atoms with Crippen molar-refractivity contribution in [2.24, 2.45) is 7.05 Å². The van der Waals surface area contributed by atoms with Gasteiger partial charge in [0.1, 0.15) is 16.5 Å². The van der Waals surface area contributed by atoms with Crippen LogP contribution < -0.4 is 0 Å². The van der Waals surface area contributed by atoms with Gasteiger partial charge in [0.05, 0.1) is 34.0 Å². The van der Waals surface area contributed by atoms with Crippen LogP contribution >= 0.6 is 23.4 Å². The molecule has 27 heavy (non-hydrogen) atoms. The highest BCUT2D eigenvalue weighted by Crippen LogP contribution is 2.36. The van der Waals surface area contributed by atoms with Crippen LogP contribution in [0.3, 0.4) is 0 Å². The number of fused-ring (bicyclic) bond motifs is 2. The standard InChI is InChI=1S/C16H12ClF3N6S/c1-3-27-15-12(13-22-5-8(17)7-26(13)24-15)14-23-9-4-11(16(18,19)20)21-6-10(9)25(14)2/h4-7H,3H2,1-2H3. The highest BCUT2D eigenvalue weighted by molar-refractivity contribution is 7.99. The molecule has 0 aliphatic carbocycles. The molecule has 140 valence electrons. The Bertz CT molecular complexity index is 1170. The van der Waals surface area contributed by atoms with E-state index in [1.807, 2.05) is 6.92 Å². The minimum absolute atomic E-state index is 0.204. The number of rotatable bonds is 3. The molecule has 4 aromatic rings. The van der Waals surface area contributed by atoms with Gasteiger partial charge in [-0.1, -0.05) is 18.5 Å². The second kappa shape index (κ2) is 6.38. The van der Waals surface area contributed by atoms with Gasteiger partial charge >= 0.3 is 6.18 Å². The number of pyridine rings is 1. The van der Waals surface area contributed by atoms with Crippen LogP contribution in [-0.2, 0) is 13.2 Å². The monoisotopic (exact) mass is 412 g/mol. The topological polar surface area (TPSA) is 60.9 Å². The van der Waals surface area contributed by atoms with Gasteiger partial charge in [0.2, 0.25) is 0 Å². The zero-order chi connectivity index (χ0) is 19.3. The van der Waals surface area contributed by atoms with Crippen LogP contribution in [0.5, 0.6) is 0 Å². The molecular formula is C16H12ClF3N6S. The van der Waals surface area contributed by atoms with E-state index in [1.165, 1.54) is 24.2 Å². The van der Waals surface area contributed by atoms with E-state index in [-0.39, 0.29) is 5.52 Å². The maximum atomic E-state index is 13.0. The summed E-state index contributed by atoms with van der Waals surface area (Å²) in [5, 5.41) is 5.59. The lowest BCUT2D eigenvalue weighted by Gasteiger charge is -2.05. The summed E-state index contributed by atoms with van der Waals surface area (Å²) in [5.41, 5.74) is 0.880. The Morgan fingerprint density at radius 1 is 1.22 bits per heavy atom. The quantitative estimate of drug-likeness (QED) is 0.465. The third kappa shape index (κ3) is 3.02. The summed E-state index contributed by atoms with van der Waals surface area (Å²) in [6, 6.07) is 0.946.